The fourth-order valence-corrected chi connectivity index (χ4v) is 2.04. The highest BCUT2D eigenvalue weighted by molar-refractivity contribution is 5.85. The first-order chi connectivity index (χ1) is 8.50. The van der Waals surface area contributed by atoms with Gasteiger partial charge in [-0.05, 0) is 25.3 Å². The van der Waals surface area contributed by atoms with Crippen LogP contribution in [0.2, 0.25) is 0 Å². The Labute approximate surface area is 109 Å². The van der Waals surface area contributed by atoms with E-state index >= 15 is 0 Å². The van der Waals surface area contributed by atoms with Gasteiger partial charge in [-0.1, -0.05) is 13.8 Å². The molecule has 0 spiro atoms. The number of amides is 2. The molecule has 5 nitrogen and oxygen atoms in total. The third-order valence-electron chi connectivity index (χ3n) is 3.11. The van der Waals surface area contributed by atoms with Crippen molar-refractivity contribution in [1.82, 2.24) is 15.5 Å². The molecule has 18 heavy (non-hydrogen) atoms. The molecule has 5 heteroatoms. The second kappa shape index (κ2) is 7.36. The molecule has 1 heterocycles. The van der Waals surface area contributed by atoms with Gasteiger partial charge in [-0.15, -0.1) is 0 Å². The molecular weight excluding hydrogens is 230 g/mol. The Morgan fingerprint density at radius 2 is 2.17 bits per heavy atom. The molecule has 0 bridgehead atoms. The summed E-state index contributed by atoms with van der Waals surface area (Å²) in [6.07, 6.45) is 1.95. The number of hydrogen-bond acceptors (Lipinski definition) is 3. The van der Waals surface area contributed by atoms with Gasteiger partial charge in [0.15, 0.2) is 0 Å². The molecule has 1 rings (SSSR count). The third kappa shape index (κ3) is 5.04. The molecule has 2 N–H and O–H groups in total. The predicted octanol–water partition coefficient (Wildman–Crippen LogP) is 0.217. The van der Waals surface area contributed by atoms with E-state index in [1.807, 2.05) is 13.8 Å². The first-order valence-electron chi connectivity index (χ1n) is 6.73. The average Bonchev–Trinajstić information content (AvgIpc) is 2.36. The Bertz CT molecular complexity index is 286. The van der Waals surface area contributed by atoms with Crippen LogP contribution in [0.4, 0.5) is 0 Å². The largest absolute Gasteiger partial charge is 0.354 e. The molecule has 1 aliphatic rings. The maximum atomic E-state index is 12.1. The monoisotopic (exact) mass is 255 g/mol. The zero-order valence-electron chi connectivity index (χ0n) is 11.7. The number of nitrogens with one attached hydrogen (secondary N) is 2. The van der Waals surface area contributed by atoms with Gasteiger partial charge in [0, 0.05) is 20.1 Å². The molecule has 0 aromatic heterocycles. The molecule has 1 saturated heterocycles. The Balaban J connectivity index is 2.32. The van der Waals surface area contributed by atoms with Gasteiger partial charge >= 0.3 is 0 Å². The Kier molecular flexibility index (Phi) is 6.12. The van der Waals surface area contributed by atoms with Gasteiger partial charge in [-0.25, -0.2) is 0 Å². The van der Waals surface area contributed by atoms with Crippen molar-refractivity contribution in [2.24, 2.45) is 11.8 Å². The number of nitrogens with zero attached hydrogens (tertiary/aromatic N) is 1. The summed E-state index contributed by atoms with van der Waals surface area (Å²) in [4.78, 5) is 25.2. The van der Waals surface area contributed by atoms with Gasteiger partial charge in [-0.2, -0.15) is 0 Å². The Morgan fingerprint density at radius 3 is 2.72 bits per heavy atom. The topological polar surface area (TPSA) is 61.4 Å². The van der Waals surface area contributed by atoms with Crippen LogP contribution in [0.15, 0.2) is 0 Å². The van der Waals surface area contributed by atoms with Crippen LogP contribution in [0.5, 0.6) is 0 Å². The number of rotatable bonds is 5. The predicted molar refractivity (Wildman–Crippen MR) is 71.1 cm³/mol. The van der Waals surface area contributed by atoms with Crippen molar-refractivity contribution in [2.45, 2.75) is 26.7 Å². The fourth-order valence-electron chi connectivity index (χ4n) is 2.04. The van der Waals surface area contributed by atoms with Gasteiger partial charge in [0.25, 0.3) is 0 Å². The highest BCUT2D eigenvalue weighted by Crippen LogP contribution is 2.12. The van der Waals surface area contributed by atoms with Gasteiger partial charge in [0.1, 0.15) is 0 Å². The number of likely N-dealkylation sites (N-methyl/N-ethyl adjacent to an activating group) is 1. The second-order valence-corrected chi connectivity index (χ2v) is 5.44. The van der Waals surface area contributed by atoms with Crippen LogP contribution in [0.1, 0.15) is 26.7 Å². The summed E-state index contributed by atoms with van der Waals surface area (Å²) in [5, 5.41) is 6.04. The number of piperidine rings is 1. The summed E-state index contributed by atoms with van der Waals surface area (Å²) in [6.45, 7) is 6.62. The molecule has 0 aliphatic carbocycles. The van der Waals surface area contributed by atoms with E-state index in [-0.39, 0.29) is 24.3 Å². The van der Waals surface area contributed by atoms with Crippen LogP contribution >= 0.6 is 0 Å². The van der Waals surface area contributed by atoms with Crippen LogP contribution in [0.3, 0.4) is 0 Å². The SMILES string of the molecule is CC(C)CNC(=O)CN(C)C(=O)[C@@H]1CCCNC1. The summed E-state index contributed by atoms with van der Waals surface area (Å²) in [6, 6.07) is 0. The number of hydrogen-bond donors (Lipinski definition) is 2. The summed E-state index contributed by atoms with van der Waals surface area (Å²) < 4.78 is 0. The molecule has 1 aliphatic heterocycles. The lowest BCUT2D eigenvalue weighted by atomic mass is 9.98. The van der Waals surface area contributed by atoms with Gasteiger partial charge < -0.3 is 15.5 Å². The highest BCUT2D eigenvalue weighted by atomic mass is 16.2. The van der Waals surface area contributed by atoms with Gasteiger partial charge in [0.2, 0.25) is 11.8 Å². The Morgan fingerprint density at radius 1 is 1.44 bits per heavy atom. The molecule has 0 unspecified atom stereocenters. The van der Waals surface area contributed by atoms with Crippen molar-refractivity contribution < 1.29 is 9.59 Å². The molecule has 0 aromatic carbocycles. The fraction of sp³-hybridized carbons (Fsp3) is 0.846. The van der Waals surface area contributed by atoms with Crippen LogP contribution in [0, 0.1) is 11.8 Å². The van der Waals surface area contributed by atoms with E-state index in [0.29, 0.717) is 12.5 Å². The van der Waals surface area contributed by atoms with Gasteiger partial charge in [0.05, 0.1) is 12.5 Å². The number of carbonyl (C=O) groups excluding carboxylic acids is 2. The highest BCUT2D eigenvalue weighted by Gasteiger charge is 2.24. The number of carbonyl (C=O) groups is 2. The van der Waals surface area contributed by atoms with Crippen molar-refractivity contribution in [2.75, 3.05) is 33.2 Å². The van der Waals surface area contributed by atoms with Crippen molar-refractivity contribution in [3.63, 3.8) is 0 Å². The van der Waals surface area contributed by atoms with Crippen molar-refractivity contribution in [3.05, 3.63) is 0 Å². The van der Waals surface area contributed by atoms with Crippen LogP contribution in [0.25, 0.3) is 0 Å². The standard InChI is InChI=1S/C13H25N3O2/c1-10(2)7-15-12(17)9-16(3)13(18)11-5-4-6-14-8-11/h10-11,14H,4-9H2,1-3H3,(H,15,17)/t11-/m1/s1. The zero-order valence-corrected chi connectivity index (χ0v) is 11.7. The second-order valence-electron chi connectivity index (χ2n) is 5.44. The van der Waals surface area contributed by atoms with E-state index in [1.165, 1.54) is 4.90 Å². The van der Waals surface area contributed by atoms with Crippen LogP contribution in [-0.2, 0) is 9.59 Å². The maximum absolute atomic E-state index is 12.1. The molecule has 0 radical (unpaired) electrons. The van der Waals surface area contributed by atoms with E-state index in [4.69, 9.17) is 0 Å². The molecule has 0 saturated carbocycles. The molecular formula is C13H25N3O2. The molecule has 2 amide bonds. The lowest BCUT2D eigenvalue weighted by Gasteiger charge is -2.26. The summed E-state index contributed by atoms with van der Waals surface area (Å²) in [5.74, 6) is 0.448. The normalized spacial score (nSPS) is 19.7. The molecule has 1 fully saturated rings. The summed E-state index contributed by atoms with van der Waals surface area (Å²) in [5.41, 5.74) is 0. The maximum Gasteiger partial charge on any atom is 0.239 e. The van der Waals surface area contributed by atoms with Crippen molar-refractivity contribution in [3.8, 4) is 0 Å². The minimum Gasteiger partial charge on any atom is -0.354 e. The van der Waals surface area contributed by atoms with Crippen LogP contribution < -0.4 is 10.6 Å². The minimum atomic E-state index is -0.0803. The van der Waals surface area contributed by atoms with E-state index in [9.17, 15) is 9.59 Å². The third-order valence-corrected chi connectivity index (χ3v) is 3.11. The van der Waals surface area contributed by atoms with E-state index in [1.54, 1.807) is 7.05 Å². The van der Waals surface area contributed by atoms with E-state index in [2.05, 4.69) is 10.6 Å². The molecule has 104 valence electrons. The summed E-state index contributed by atoms with van der Waals surface area (Å²) >= 11 is 0. The summed E-state index contributed by atoms with van der Waals surface area (Å²) in [7, 11) is 1.70. The first-order valence-corrected chi connectivity index (χ1v) is 6.73. The lowest BCUT2D eigenvalue weighted by molar-refractivity contribution is -0.138. The average molecular weight is 255 g/mol. The smallest absolute Gasteiger partial charge is 0.239 e. The molecule has 1 atom stereocenters. The van der Waals surface area contributed by atoms with E-state index in [0.717, 1.165) is 25.9 Å². The Hall–Kier alpha value is -1.10. The van der Waals surface area contributed by atoms with Crippen LogP contribution in [-0.4, -0.2) is 49.9 Å². The first kappa shape index (κ1) is 15.0. The molecule has 0 aromatic rings. The minimum absolute atomic E-state index is 0.0293. The lowest BCUT2D eigenvalue weighted by Crippen LogP contribution is -2.45. The van der Waals surface area contributed by atoms with Crippen molar-refractivity contribution in [1.29, 1.82) is 0 Å². The van der Waals surface area contributed by atoms with Crippen molar-refractivity contribution >= 4 is 11.8 Å². The van der Waals surface area contributed by atoms with Gasteiger partial charge in [-0.3, -0.25) is 9.59 Å². The van der Waals surface area contributed by atoms with E-state index < -0.39 is 0 Å². The quantitative estimate of drug-likeness (QED) is 0.738. The zero-order chi connectivity index (χ0) is 13.5.